The minimum atomic E-state index is -3.60. The molecule has 8 nitrogen and oxygen atoms in total. The maximum atomic E-state index is 12.7. The molecular weight excluding hydrogens is 432 g/mol. The van der Waals surface area contributed by atoms with Crippen LogP contribution in [0.15, 0.2) is 53.4 Å². The number of rotatable bonds is 6. The molecule has 1 saturated heterocycles. The average Bonchev–Trinajstić information content (AvgIpc) is 2.77. The standard InChI is InChI=1S/C20H21ClN2O6S/c1-28-18-8-7-15(21)13-17(18)20(25)29-14-19(24)22-9-11-23(12-10-22)30(26,27)16-5-3-2-4-6-16/h2-8,13H,9-12,14H2,1H3. The number of halogens is 1. The number of sulfonamides is 1. The van der Waals surface area contributed by atoms with E-state index in [4.69, 9.17) is 21.1 Å². The van der Waals surface area contributed by atoms with Crippen LogP contribution in [-0.2, 0) is 19.6 Å². The van der Waals surface area contributed by atoms with Crippen molar-refractivity contribution in [2.45, 2.75) is 4.90 Å². The Hall–Kier alpha value is -2.62. The molecule has 0 unspecified atom stereocenters. The van der Waals surface area contributed by atoms with Crippen molar-refractivity contribution >= 4 is 33.5 Å². The fourth-order valence-corrected chi connectivity index (χ4v) is 4.67. The van der Waals surface area contributed by atoms with Gasteiger partial charge < -0.3 is 14.4 Å². The van der Waals surface area contributed by atoms with Gasteiger partial charge in [0.25, 0.3) is 5.91 Å². The molecule has 0 aromatic heterocycles. The number of nitrogens with zero attached hydrogens (tertiary/aromatic N) is 2. The minimum absolute atomic E-state index is 0.122. The van der Waals surface area contributed by atoms with Crippen LogP contribution in [0.2, 0.25) is 5.02 Å². The van der Waals surface area contributed by atoms with Gasteiger partial charge in [-0.25, -0.2) is 13.2 Å². The van der Waals surface area contributed by atoms with E-state index in [1.807, 2.05) is 0 Å². The summed E-state index contributed by atoms with van der Waals surface area (Å²) < 4.78 is 36.9. The first-order chi connectivity index (χ1) is 14.3. The molecule has 1 aliphatic rings. The molecule has 3 rings (SSSR count). The van der Waals surface area contributed by atoms with E-state index in [9.17, 15) is 18.0 Å². The summed E-state index contributed by atoms with van der Waals surface area (Å²) in [6.45, 7) is 0.295. The second-order valence-corrected chi connectivity index (χ2v) is 8.89. The number of carbonyl (C=O) groups excluding carboxylic acids is 2. The van der Waals surface area contributed by atoms with Gasteiger partial charge in [-0.05, 0) is 30.3 Å². The third kappa shape index (κ3) is 4.92. The summed E-state index contributed by atoms with van der Waals surface area (Å²) in [5.74, 6) is -0.842. The fraction of sp³-hybridized carbons (Fsp3) is 0.300. The molecule has 0 atom stereocenters. The number of benzene rings is 2. The zero-order valence-corrected chi connectivity index (χ0v) is 17.9. The molecular formula is C20H21ClN2O6S. The Kier molecular flexibility index (Phi) is 6.96. The van der Waals surface area contributed by atoms with E-state index < -0.39 is 28.5 Å². The molecule has 0 spiro atoms. The third-order valence-electron chi connectivity index (χ3n) is 4.68. The summed E-state index contributed by atoms with van der Waals surface area (Å²) >= 11 is 5.90. The van der Waals surface area contributed by atoms with Crippen LogP contribution in [0.5, 0.6) is 5.75 Å². The lowest BCUT2D eigenvalue weighted by molar-refractivity contribution is -0.135. The fourth-order valence-electron chi connectivity index (χ4n) is 3.06. The largest absolute Gasteiger partial charge is 0.496 e. The summed E-state index contributed by atoms with van der Waals surface area (Å²) in [5, 5.41) is 0.338. The molecule has 2 aromatic carbocycles. The predicted molar refractivity (Wildman–Crippen MR) is 110 cm³/mol. The van der Waals surface area contributed by atoms with Crippen LogP contribution in [0.3, 0.4) is 0 Å². The molecule has 0 bridgehead atoms. The normalized spacial score (nSPS) is 14.9. The summed E-state index contributed by atoms with van der Waals surface area (Å²) in [5.41, 5.74) is 0.122. The van der Waals surface area contributed by atoms with Gasteiger partial charge in [0, 0.05) is 31.2 Å². The molecule has 1 aliphatic heterocycles. The van der Waals surface area contributed by atoms with Crippen molar-refractivity contribution in [3.8, 4) is 5.75 Å². The number of methoxy groups -OCH3 is 1. The zero-order valence-electron chi connectivity index (χ0n) is 16.3. The summed E-state index contributed by atoms with van der Waals surface area (Å²) in [4.78, 5) is 26.4. The van der Waals surface area contributed by atoms with Crippen molar-refractivity contribution in [1.29, 1.82) is 0 Å². The molecule has 160 valence electrons. The van der Waals surface area contributed by atoms with Gasteiger partial charge in [-0.3, -0.25) is 4.79 Å². The van der Waals surface area contributed by atoms with E-state index in [0.29, 0.717) is 5.02 Å². The molecule has 1 fully saturated rings. The molecule has 0 saturated carbocycles. The van der Waals surface area contributed by atoms with E-state index in [1.165, 1.54) is 40.6 Å². The maximum absolute atomic E-state index is 12.7. The Morgan fingerprint density at radius 2 is 1.70 bits per heavy atom. The lowest BCUT2D eigenvalue weighted by atomic mass is 10.2. The van der Waals surface area contributed by atoms with Crippen LogP contribution in [0.25, 0.3) is 0 Å². The average molecular weight is 453 g/mol. The Morgan fingerprint density at radius 3 is 2.33 bits per heavy atom. The van der Waals surface area contributed by atoms with Crippen LogP contribution >= 0.6 is 11.6 Å². The van der Waals surface area contributed by atoms with Crippen molar-refractivity contribution < 1.29 is 27.5 Å². The minimum Gasteiger partial charge on any atom is -0.496 e. The van der Waals surface area contributed by atoms with Gasteiger partial charge in [-0.2, -0.15) is 4.31 Å². The second kappa shape index (κ2) is 9.46. The SMILES string of the molecule is COc1ccc(Cl)cc1C(=O)OCC(=O)N1CCN(S(=O)(=O)c2ccccc2)CC1. The van der Waals surface area contributed by atoms with Gasteiger partial charge in [0.2, 0.25) is 10.0 Å². The van der Waals surface area contributed by atoms with Crippen molar-refractivity contribution in [3.63, 3.8) is 0 Å². The Bertz CT molecular complexity index is 1020. The lowest BCUT2D eigenvalue weighted by Gasteiger charge is -2.33. The van der Waals surface area contributed by atoms with Crippen molar-refractivity contribution in [2.24, 2.45) is 0 Å². The number of hydrogen-bond donors (Lipinski definition) is 0. The van der Waals surface area contributed by atoms with Crippen molar-refractivity contribution in [1.82, 2.24) is 9.21 Å². The molecule has 1 amide bonds. The van der Waals surface area contributed by atoms with Crippen molar-refractivity contribution in [2.75, 3.05) is 39.9 Å². The first-order valence-electron chi connectivity index (χ1n) is 9.16. The molecule has 1 heterocycles. The van der Waals surface area contributed by atoms with Crippen LogP contribution in [0, 0.1) is 0 Å². The Balaban J connectivity index is 1.55. The Morgan fingerprint density at radius 1 is 1.03 bits per heavy atom. The third-order valence-corrected chi connectivity index (χ3v) is 6.83. The van der Waals surface area contributed by atoms with E-state index >= 15 is 0 Å². The monoisotopic (exact) mass is 452 g/mol. The van der Waals surface area contributed by atoms with Crippen LogP contribution in [0.4, 0.5) is 0 Å². The molecule has 0 radical (unpaired) electrons. The van der Waals surface area contributed by atoms with E-state index in [1.54, 1.807) is 24.3 Å². The van der Waals surface area contributed by atoms with E-state index in [2.05, 4.69) is 0 Å². The van der Waals surface area contributed by atoms with E-state index in [0.717, 1.165) is 0 Å². The van der Waals surface area contributed by atoms with Gasteiger partial charge in [-0.1, -0.05) is 29.8 Å². The predicted octanol–water partition coefficient (Wildman–Crippen LogP) is 2.04. The quantitative estimate of drug-likeness (QED) is 0.623. The van der Waals surface area contributed by atoms with Gasteiger partial charge >= 0.3 is 5.97 Å². The van der Waals surface area contributed by atoms with Crippen molar-refractivity contribution in [3.05, 3.63) is 59.1 Å². The number of esters is 1. The second-order valence-electron chi connectivity index (χ2n) is 6.52. The van der Waals surface area contributed by atoms with Gasteiger partial charge in [0.15, 0.2) is 6.61 Å². The van der Waals surface area contributed by atoms with Crippen LogP contribution < -0.4 is 4.74 Å². The zero-order chi connectivity index (χ0) is 21.7. The van der Waals surface area contributed by atoms with Crippen LogP contribution in [0.1, 0.15) is 10.4 Å². The van der Waals surface area contributed by atoms with Crippen LogP contribution in [-0.4, -0.2) is 69.4 Å². The highest BCUT2D eigenvalue weighted by molar-refractivity contribution is 7.89. The molecule has 2 aromatic rings. The van der Waals surface area contributed by atoms with E-state index in [-0.39, 0.29) is 42.4 Å². The summed E-state index contributed by atoms with van der Waals surface area (Å²) in [7, 11) is -2.19. The number of ether oxygens (including phenoxy) is 2. The number of carbonyl (C=O) groups is 2. The first kappa shape index (κ1) is 22.1. The number of amides is 1. The van der Waals surface area contributed by atoms with Gasteiger partial charge in [0.05, 0.1) is 12.0 Å². The Labute approximate surface area is 180 Å². The smallest absolute Gasteiger partial charge is 0.342 e. The topological polar surface area (TPSA) is 93.2 Å². The summed E-state index contributed by atoms with van der Waals surface area (Å²) in [6, 6.07) is 12.7. The summed E-state index contributed by atoms with van der Waals surface area (Å²) in [6.07, 6.45) is 0. The number of piperazine rings is 1. The highest BCUT2D eigenvalue weighted by atomic mass is 35.5. The molecule has 0 N–H and O–H groups in total. The molecule has 10 heteroatoms. The van der Waals surface area contributed by atoms with Gasteiger partial charge in [-0.15, -0.1) is 0 Å². The highest BCUT2D eigenvalue weighted by Gasteiger charge is 2.30. The number of hydrogen-bond acceptors (Lipinski definition) is 6. The lowest BCUT2D eigenvalue weighted by Crippen LogP contribution is -2.51. The molecule has 0 aliphatic carbocycles. The van der Waals surface area contributed by atoms with Gasteiger partial charge in [0.1, 0.15) is 11.3 Å². The highest BCUT2D eigenvalue weighted by Crippen LogP contribution is 2.23. The molecule has 30 heavy (non-hydrogen) atoms. The maximum Gasteiger partial charge on any atom is 0.342 e. The first-order valence-corrected chi connectivity index (χ1v) is 11.0.